The SMILES string of the molecule is CC(C)c1nc(Cn2ccc(C(C)N)c2)no1. The predicted octanol–water partition coefficient (Wildman–Crippen LogP) is 2.06. The molecule has 0 spiro atoms. The maximum Gasteiger partial charge on any atom is 0.229 e. The van der Waals surface area contributed by atoms with Crippen molar-refractivity contribution >= 4 is 0 Å². The molecule has 2 aromatic rings. The van der Waals surface area contributed by atoms with Gasteiger partial charge >= 0.3 is 0 Å². The fraction of sp³-hybridized carbons (Fsp3) is 0.500. The van der Waals surface area contributed by atoms with Gasteiger partial charge in [0.1, 0.15) is 0 Å². The van der Waals surface area contributed by atoms with Gasteiger partial charge in [0.25, 0.3) is 0 Å². The molecule has 0 saturated carbocycles. The van der Waals surface area contributed by atoms with E-state index in [4.69, 9.17) is 10.3 Å². The second kappa shape index (κ2) is 4.71. The van der Waals surface area contributed by atoms with E-state index in [2.05, 4.69) is 10.1 Å². The lowest BCUT2D eigenvalue weighted by Gasteiger charge is -2.00. The maximum absolute atomic E-state index is 5.80. The molecule has 92 valence electrons. The monoisotopic (exact) mass is 234 g/mol. The van der Waals surface area contributed by atoms with E-state index in [1.54, 1.807) is 0 Å². The van der Waals surface area contributed by atoms with Crippen molar-refractivity contribution in [2.24, 2.45) is 5.73 Å². The first-order valence-electron chi connectivity index (χ1n) is 5.80. The Kier molecular flexibility index (Phi) is 3.28. The second-order valence-corrected chi connectivity index (χ2v) is 4.61. The van der Waals surface area contributed by atoms with Crippen molar-refractivity contribution in [1.82, 2.24) is 14.7 Å². The Morgan fingerprint density at radius 1 is 1.41 bits per heavy atom. The average Bonchev–Trinajstić information content (AvgIpc) is 2.87. The van der Waals surface area contributed by atoms with Gasteiger partial charge in [-0.25, -0.2) is 0 Å². The third-order valence-corrected chi connectivity index (χ3v) is 2.60. The first kappa shape index (κ1) is 11.9. The van der Waals surface area contributed by atoms with Crippen LogP contribution in [0.3, 0.4) is 0 Å². The van der Waals surface area contributed by atoms with E-state index < -0.39 is 0 Å². The van der Waals surface area contributed by atoms with Gasteiger partial charge in [0, 0.05) is 24.4 Å². The van der Waals surface area contributed by atoms with Crippen molar-refractivity contribution in [1.29, 1.82) is 0 Å². The van der Waals surface area contributed by atoms with Gasteiger partial charge < -0.3 is 14.8 Å². The van der Waals surface area contributed by atoms with E-state index in [1.165, 1.54) is 0 Å². The molecule has 0 aliphatic heterocycles. The Morgan fingerprint density at radius 3 is 2.71 bits per heavy atom. The fourth-order valence-corrected chi connectivity index (χ4v) is 1.56. The molecule has 2 rings (SSSR count). The van der Waals surface area contributed by atoms with Gasteiger partial charge in [-0.05, 0) is 18.6 Å². The molecule has 1 atom stereocenters. The van der Waals surface area contributed by atoms with Gasteiger partial charge in [-0.1, -0.05) is 19.0 Å². The molecule has 5 heteroatoms. The molecule has 0 aliphatic rings. The third kappa shape index (κ3) is 2.74. The minimum absolute atomic E-state index is 0.0488. The highest BCUT2D eigenvalue weighted by atomic mass is 16.5. The van der Waals surface area contributed by atoms with Gasteiger partial charge in [-0.3, -0.25) is 0 Å². The van der Waals surface area contributed by atoms with Gasteiger partial charge in [0.05, 0.1) is 6.54 Å². The Balaban J connectivity index is 2.08. The molecule has 0 aliphatic carbocycles. The van der Waals surface area contributed by atoms with Crippen LogP contribution < -0.4 is 5.73 Å². The van der Waals surface area contributed by atoms with E-state index in [0.29, 0.717) is 18.3 Å². The summed E-state index contributed by atoms with van der Waals surface area (Å²) in [6.07, 6.45) is 3.99. The lowest BCUT2D eigenvalue weighted by atomic mass is 10.2. The summed E-state index contributed by atoms with van der Waals surface area (Å²) in [5.41, 5.74) is 6.91. The van der Waals surface area contributed by atoms with Crippen LogP contribution in [-0.4, -0.2) is 14.7 Å². The first-order chi connectivity index (χ1) is 8.06. The molecule has 0 aromatic carbocycles. The predicted molar refractivity (Wildman–Crippen MR) is 64.5 cm³/mol. The molecule has 0 saturated heterocycles. The topological polar surface area (TPSA) is 69.9 Å². The Labute approximate surface area is 101 Å². The van der Waals surface area contributed by atoms with Crippen LogP contribution >= 0.6 is 0 Å². The summed E-state index contributed by atoms with van der Waals surface area (Å²) >= 11 is 0. The highest BCUT2D eigenvalue weighted by molar-refractivity contribution is 5.14. The van der Waals surface area contributed by atoms with Crippen molar-refractivity contribution in [3.63, 3.8) is 0 Å². The normalized spacial score (nSPS) is 13.2. The molecular weight excluding hydrogens is 216 g/mol. The number of hydrogen-bond acceptors (Lipinski definition) is 4. The van der Waals surface area contributed by atoms with Crippen LogP contribution in [0.1, 0.15) is 50.0 Å². The minimum Gasteiger partial charge on any atom is -0.346 e. The van der Waals surface area contributed by atoms with E-state index >= 15 is 0 Å². The average molecular weight is 234 g/mol. The molecule has 0 radical (unpaired) electrons. The summed E-state index contributed by atoms with van der Waals surface area (Å²) in [5.74, 6) is 1.64. The molecule has 0 bridgehead atoms. The molecule has 5 nitrogen and oxygen atoms in total. The number of aromatic nitrogens is 3. The zero-order valence-electron chi connectivity index (χ0n) is 10.4. The van der Waals surface area contributed by atoms with Gasteiger partial charge in [0.2, 0.25) is 5.89 Å². The number of nitrogens with two attached hydrogens (primary N) is 1. The Bertz CT molecular complexity index is 440. The largest absolute Gasteiger partial charge is 0.346 e. The Hall–Kier alpha value is -1.62. The quantitative estimate of drug-likeness (QED) is 0.879. The van der Waals surface area contributed by atoms with E-state index in [0.717, 1.165) is 5.56 Å². The van der Waals surface area contributed by atoms with E-state index in [9.17, 15) is 0 Å². The molecule has 2 aromatic heterocycles. The van der Waals surface area contributed by atoms with Crippen LogP contribution in [0, 0.1) is 0 Å². The third-order valence-electron chi connectivity index (χ3n) is 2.60. The van der Waals surface area contributed by atoms with Crippen LogP contribution in [0.25, 0.3) is 0 Å². The smallest absolute Gasteiger partial charge is 0.229 e. The van der Waals surface area contributed by atoms with Crippen LogP contribution in [-0.2, 0) is 6.54 Å². The van der Waals surface area contributed by atoms with Crippen LogP contribution in [0.4, 0.5) is 0 Å². The molecule has 17 heavy (non-hydrogen) atoms. The standard InChI is InChI=1S/C12H18N4O/c1-8(2)12-14-11(15-17-12)7-16-5-4-10(6-16)9(3)13/h4-6,8-9H,7,13H2,1-3H3. The highest BCUT2D eigenvalue weighted by Crippen LogP contribution is 2.13. The minimum atomic E-state index is 0.0488. The van der Waals surface area contributed by atoms with Crippen LogP contribution in [0.5, 0.6) is 0 Å². The zero-order valence-corrected chi connectivity index (χ0v) is 10.4. The first-order valence-corrected chi connectivity index (χ1v) is 5.80. The number of rotatable bonds is 4. The molecule has 1 unspecified atom stereocenters. The number of hydrogen-bond donors (Lipinski definition) is 1. The summed E-state index contributed by atoms with van der Waals surface area (Å²) in [4.78, 5) is 4.33. The van der Waals surface area contributed by atoms with Crippen molar-refractivity contribution < 1.29 is 4.52 Å². The fourth-order valence-electron chi connectivity index (χ4n) is 1.56. The maximum atomic E-state index is 5.80. The van der Waals surface area contributed by atoms with Crippen molar-refractivity contribution in [3.05, 3.63) is 35.7 Å². The highest BCUT2D eigenvalue weighted by Gasteiger charge is 2.10. The van der Waals surface area contributed by atoms with Crippen molar-refractivity contribution in [2.75, 3.05) is 0 Å². The lowest BCUT2D eigenvalue weighted by molar-refractivity contribution is 0.360. The zero-order chi connectivity index (χ0) is 12.4. The van der Waals surface area contributed by atoms with Gasteiger partial charge in [-0.15, -0.1) is 0 Å². The summed E-state index contributed by atoms with van der Waals surface area (Å²) < 4.78 is 7.16. The molecule has 0 amide bonds. The van der Waals surface area contributed by atoms with E-state index in [-0.39, 0.29) is 12.0 Å². The van der Waals surface area contributed by atoms with E-state index in [1.807, 2.05) is 43.8 Å². The molecule has 2 heterocycles. The molecular formula is C12H18N4O. The van der Waals surface area contributed by atoms with Crippen LogP contribution in [0.2, 0.25) is 0 Å². The summed E-state index contributed by atoms with van der Waals surface area (Å²) in [7, 11) is 0. The lowest BCUT2D eigenvalue weighted by Crippen LogP contribution is -2.04. The summed E-state index contributed by atoms with van der Waals surface area (Å²) in [6.45, 7) is 6.64. The summed E-state index contributed by atoms with van der Waals surface area (Å²) in [6, 6.07) is 2.06. The second-order valence-electron chi connectivity index (χ2n) is 4.61. The van der Waals surface area contributed by atoms with Crippen LogP contribution in [0.15, 0.2) is 23.0 Å². The molecule has 2 N–H and O–H groups in total. The Morgan fingerprint density at radius 2 is 2.18 bits per heavy atom. The van der Waals surface area contributed by atoms with Gasteiger partial charge in [0.15, 0.2) is 5.82 Å². The number of nitrogens with zero attached hydrogens (tertiary/aromatic N) is 3. The van der Waals surface area contributed by atoms with Gasteiger partial charge in [-0.2, -0.15) is 4.98 Å². The van der Waals surface area contributed by atoms with Crippen molar-refractivity contribution in [2.45, 2.75) is 39.3 Å². The van der Waals surface area contributed by atoms with Crippen molar-refractivity contribution in [3.8, 4) is 0 Å². The molecule has 0 fully saturated rings. The summed E-state index contributed by atoms with van der Waals surface area (Å²) in [5, 5.41) is 3.95.